The summed E-state index contributed by atoms with van der Waals surface area (Å²) in [6.45, 7) is 3.58. The first-order valence-corrected chi connectivity index (χ1v) is 10.3. The number of hydrogen-bond donors (Lipinski definition) is 3. The van der Waals surface area contributed by atoms with E-state index in [1.165, 1.54) is 24.0 Å². The maximum Gasteiger partial charge on any atom is 0.126 e. The minimum absolute atomic E-state index is 0.340. The molecule has 31 heavy (non-hydrogen) atoms. The smallest absolute Gasteiger partial charge is 0.126 e. The van der Waals surface area contributed by atoms with Gasteiger partial charge in [0.05, 0.1) is 11.2 Å². The first-order chi connectivity index (χ1) is 15.1. The van der Waals surface area contributed by atoms with Gasteiger partial charge in [0.1, 0.15) is 5.84 Å². The van der Waals surface area contributed by atoms with Gasteiger partial charge in [-0.2, -0.15) is 0 Å². The summed E-state index contributed by atoms with van der Waals surface area (Å²) in [5.74, 6) is 0.340. The van der Waals surface area contributed by atoms with Gasteiger partial charge in [0, 0.05) is 29.4 Å². The molecule has 158 valence electrons. The van der Waals surface area contributed by atoms with Crippen molar-refractivity contribution < 1.29 is 0 Å². The second-order valence-corrected chi connectivity index (χ2v) is 7.29. The Morgan fingerprint density at radius 3 is 2.48 bits per heavy atom. The number of amidine groups is 1. The molecule has 1 heterocycles. The predicted octanol–water partition coefficient (Wildman–Crippen LogP) is 4.18. The Hall–Kier alpha value is -3.70. The van der Waals surface area contributed by atoms with E-state index in [4.69, 9.17) is 11.5 Å². The van der Waals surface area contributed by atoms with Crippen molar-refractivity contribution in [2.24, 2.45) is 16.5 Å². The van der Waals surface area contributed by atoms with Crippen molar-refractivity contribution in [1.29, 1.82) is 0 Å². The summed E-state index contributed by atoms with van der Waals surface area (Å²) < 4.78 is 0. The highest BCUT2D eigenvalue weighted by molar-refractivity contribution is 5.98. The van der Waals surface area contributed by atoms with E-state index in [1.807, 2.05) is 37.4 Å². The highest BCUT2D eigenvalue weighted by atomic mass is 14.9. The normalized spacial score (nSPS) is 14.4. The maximum absolute atomic E-state index is 5.88. The van der Waals surface area contributed by atoms with Gasteiger partial charge >= 0.3 is 0 Å². The van der Waals surface area contributed by atoms with E-state index in [1.54, 1.807) is 30.5 Å². The SMILES string of the molecule is C=C/C=C/C(N)=C\C(N)=Nc1cccc2ncccc12.CNC1Cc2ccccc2C1. The van der Waals surface area contributed by atoms with Crippen LogP contribution in [0.25, 0.3) is 10.9 Å². The lowest BCUT2D eigenvalue weighted by Gasteiger charge is -2.04. The molecule has 0 spiro atoms. The van der Waals surface area contributed by atoms with Crippen LogP contribution in [0.1, 0.15) is 11.1 Å². The minimum Gasteiger partial charge on any atom is -0.399 e. The second-order valence-electron chi connectivity index (χ2n) is 7.29. The summed E-state index contributed by atoms with van der Waals surface area (Å²) in [6, 6.07) is 18.9. The number of hydrogen-bond acceptors (Lipinski definition) is 4. The molecule has 0 unspecified atom stereocenters. The molecular weight excluding hydrogens is 382 g/mol. The van der Waals surface area contributed by atoms with Crippen molar-refractivity contribution in [3.05, 3.63) is 109 Å². The van der Waals surface area contributed by atoms with Crippen LogP contribution >= 0.6 is 0 Å². The van der Waals surface area contributed by atoms with Gasteiger partial charge in [-0.05, 0) is 61.4 Å². The van der Waals surface area contributed by atoms with Gasteiger partial charge in [0.25, 0.3) is 0 Å². The van der Waals surface area contributed by atoms with Gasteiger partial charge in [0.15, 0.2) is 0 Å². The minimum atomic E-state index is 0.340. The van der Waals surface area contributed by atoms with Crippen LogP contribution in [-0.2, 0) is 12.8 Å². The average molecular weight is 412 g/mol. The zero-order chi connectivity index (χ0) is 22.1. The number of rotatable bonds is 5. The fourth-order valence-corrected chi connectivity index (χ4v) is 3.52. The zero-order valence-corrected chi connectivity index (χ0v) is 17.8. The molecule has 3 aromatic rings. The van der Waals surface area contributed by atoms with Crippen LogP contribution in [0.15, 0.2) is 102 Å². The molecule has 1 aliphatic carbocycles. The number of pyridine rings is 1. The molecule has 1 aromatic heterocycles. The van der Waals surface area contributed by atoms with Gasteiger partial charge in [-0.3, -0.25) is 4.98 Å². The summed E-state index contributed by atoms with van der Waals surface area (Å²) in [6.07, 6.45) is 10.8. The van der Waals surface area contributed by atoms with E-state index in [0.717, 1.165) is 16.6 Å². The van der Waals surface area contributed by atoms with Crippen molar-refractivity contribution in [2.75, 3.05) is 7.05 Å². The Labute approximate surface area is 183 Å². The van der Waals surface area contributed by atoms with E-state index in [0.29, 0.717) is 17.6 Å². The maximum atomic E-state index is 5.88. The van der Waals surface area contributed by atoms with Crippen LogP contribution in [-0.4, -0.2) is 23.9 Å². The summed E-state index contributed by atoms with van der Waals surface area (Å²) in [4.78, 5) is 8.65. The largest absolute Gasteiger partial charge is 0.399 e. The Bertz CT molecular complexity index is 1100. The number of nitrogens with zero attached hydrogens (tertiary/aromatic N) is 2. The summed E-state index contributed by atoms with van der Waals surface area (Å²) >= 11 is 0. The van der Waals surface area contributed by atoms with Gasteiger partial charge in [-0.15, -0.1) is 0 Å². The third-order valence-corrected chi connectivity index (χ3v) is 5.07. The number of likely N-dealkylation sites (N-methyl/N-ethyl adjacent to an activating group) is 1. The second kappa shape index (κ2) is 10.9. The van der Waals surface area contributed by atoms with Crippen molar-refractivity contribution in [2.45, 2.75) is 18.9 Å². The molecule has 0 radical (unpaired) electrons. The molecule has 2 aromatic carbocycles. The first kappa shape index (κ1) is 22.0. The monoisotopic (exact) mass is 411 g/mol. The molecule has 0 saturated carbocycles. The highest BCUT2D eigenvalue weighted by Crippen LogP contribution is 2.24. The van der Waals surface area contributed by atoms with Crippen LogP contribution in [0.5, 0.6) is 0 Å². The number of benzene rings is 2. The number of fused-ring (bicyclic) bond motifs is 2. The molecule has 5 N–H and O–H groups in total. The Kier molecular flexibility index (Phi) is 7.73. The van der Waals surface area contributed by atoms with Gasteiger partial charge in [-0.25, -0.2) is 4.99 Å². The Morgan fingerprint density at radius 1 is 1.06 bits per heavy atom. The van der Waals surface area contributed by atoms with E-state index in [9.17, 15) is 0 Å². The lowest BCUT2D eigenvalue weighted by Crippen LogP contribution is -2.24. The van der Waals surface area contributed by atoms with Crippen LogP contribution in [0, 0.1) is 0 Å². The van der Waals surface area contributed by atoms with Crippen LogP contribution < -0.4 is 16.8 Å². The van der Waals surface area contributed by atoms with E-state index >= 15 is 0 Å². The third-order valence-electron chi connectivity index (χ3n) is 5.07. The van der Waals surface area contributed by atoms with Gasteiger partial charge in [-0.1, -0.05) is 49.1 Å². The van der Waals surface area contributed by atoms with Crippen molar-refractivity contribution in [1.82, 2.24) is 10.3 Å². The van der Waals surface area contributed by atoms with E-state index < -0.39 is 0 Å². The Morgan fingerprint density at radius 2 is 1.81 bits per heavy atom. The fraction of sp³-hybridized carbons (Fsp3) is 0.154. The van der Waals surface area contributed by atoms with Gasteiger partial charge in [0.2, 0.25) is 0 Å². The first-order valence-electron chi connectivity index (χ1n) is 10.3. The molecule has 0 atom stereocenters. The Balaban J connectivity index is 0.000000207. The molecule has 5 heteroatoms. The standard InChI is InChI=1S/C16H16N4.C10H13N/c1-2-3-6-12(17)11-16(18)20-15-9-4-8-14-13(15)7-5-10-19-14;1-11-10-6-8-4-2-3-5-9(8)7-10/h2-11H,1,17H2,(H2,18,20);2-5,10-11H,6-7H2,1H3/b6-3+,12-11+;. The van der Waals surface area contributed by atoms with E-state index in [2.05, 4.69) is 46.1 Å². The van der Waals surface area contributed by atoms with E-state index in [-0.39, 0.29) is 0 Å². The molecule has 0 amide bonds. The zero-order valence-electron chi connectivity index (χ0n) is 17.8. The van der Waals surface area contributed by atoms with Crippen molar-refractivity contribution >= 4 is 22.4 Å². The quantitative estimate of drug-likeness (QED) is 0.334. The van der Waals surface area contributed by atoms with Crippen LogP contribution in [0.2, 0.25) is 0 Å². The summed E-state index contributed by atoms with van der Waals surface area (Å²) in [5.41, 5.74) is 16.9. The molecular formula is C26H29N5. The van der Waals surface area contributed by atoms with Crippen molar-refractivity contribution in [3.8, 4) is 0 Å². The molecule has 0 bridgehead atoms. The number of nitrogens with one attached hydrogen (secondary N) is 1. The molecule has 4 rings (SSSR count). The third kappa shape index (κ3) is 6.14. The lowest BCUT2D eigenvalue weighted by atomic mass is 10.1. The lowest BCUT2D eigenvalue weighted by molar-refractivity contribution is 0.593. The number of aliphatic imine (C=N–C) groups is 1. The van der Waals surface area contributed by atoms with Gasteiger partial charge < -0.3 is 16.8 Å². The van der Waals surface area contributed by atoms with Crippen LogP contribution in [0.4, 0.5) is 5.69 Å². The highest BCUT2D eigenvalue weighted by Gasteiger charge is 2.18. The molecule has 5 nitrogen and oxygen atoms in total. The topological polar surface area (TPSA) is 89.3 Å². The molecule has 0 saturated heterocycles. The molecule has 0 fully saturated rings. The predicted molar refractivity (Wildman–Crippen MR) is 131 cm³/mol. The van der Waals surface area contributed by atoms with Crippen molar-refractivity contribution in [3.63, 3.8) is 0 Å². The fourth-order valence-electron chi connectivity index (χ4n) is 3.52. The number of aromatic nitrogens is 1. The van der Waals surface area contributed by atoms with Crippen LogP contribution in [0.3, 0.4) is 0 Å². The average Bonchev–Trinajstić information content (AvgIpc) is 3.22. The molecule has 1 aliphatic rings. The summed E-state index contributed by atoms with van der Waals surface area (Å²) in [7, 11) is 2.04. The molecule has 0 aliphatic heterocycles. The number of allylic oxidation sites excluding steroid dienone is 3. The summed E-state index contributed by atoms with van der Waals surface area (Å²) in [5, 5.41) is 4.26. The number of nitrogens with two attached hydrogens (primary N) is 2.